The first-order valence-electron chi connectivity index (χ1n) is 8.16. The molecule has 3 rings (SSSR count). The number of nitrogens with two attached hydrogens (primary N) is 1. The zero-order chi connectivity index (χ0) is 18.7. The minimum Gasteiger partial charge on any atom is -0.493 e. The van der Waals surface area contributed by atoms with Crippen LogP contribution in [-0.2, 0) is 16.4 Å². The number of para-hydroxylation sites is 1. The number of rotatable bonds is 4. The SMILES string of the molecule is NS(=O)(=O)c1ccc(F)c(C(=O)NC[C@@H]2CCOc3ccccc3C2)c1. The zero-order valence-electron chi connectivity index (χ0n) is 13.9. The maximum Gasteiger partial charge on any atom is 0.254 e. The van der Waals surface area contributed by atoms with Gasteiger partial charge >= 0.3 is 0 Å². The number of sulfonamides is 1. The molecule has 6 nitrogen and oxygen atoms in total. The Morgan fingerprint density at radius 3 is 2.81 bits per heavy atom. The molecule has 1 atom stereocenters. The summed E-state index contributed by atoms with van der Waals surface area (Å²) in [7, 11) is -4.01. The van der Waals surface area contributed by atoms with E-state index in [4.69, 9.17) is 9.88 Å². The van der Waals surface area contributed by atoms with Crippen LogP contribution in [-0.4, -0.2) is 27.5 Å². The number of hydrogen-bond acceptors (Lipinski definition) is 4. The summed E-state index contributed by atoms with van der Waals surface area (Å²) in [5, 5.41) is 7.71. The number of primary sulfonamides is 1. The highest BCUT2D eigenvalue weighted by Crippen LogP contribution is 2.26. The third-order valence-electron chi connectivity index (χ3n) is 4.33. The number of hydrogen-bond donors (Lipinski definition) is 2. The zero-order valence-corrected chi connectivity index (χ0v) is 14.8. The lowest BCUT2D eigenvalue weighted by molar-refractivity contribution is 0.0941. The average Bonchev–Trinajstić information content (AvgIpc) is 2.81. The highest BCUT2D eigenvalue weighted by molar-refractivity contribution is 7.89. The van der Waals surface area contributed by atoms with Gasteiger partial charge < -0.3 is 10.1 Å². The fourth-order valence-electron chi connectivity index (χ4n) is 2.92. The van der Waals surface area contributed by atoms with Gasteiger partial charge in [-0.3, -0.25) is 4.79 Å². The van der Waals surface area contributed by atoms with Gasteiger partial charge in [-0.1, -0.05) is 18.2 Å². The number of benzene rings is 2. The van der Waals surface area contributed by atoms with Crippen LogP contribution in [0.1, 0.15) is 22.3 Å². The van der Waals surface area contributed by atoms with Gasteiger partial charge in [0.25, 0.3) is 5.91 Å². The number of halogens is 1. The van der Waals surface area contributed by atoms with Crippen molar-refractivity contribution in [1.82, 2.24) is 5.32 Å². The van der Waals surface area contributed by atoms with Crippen LogP contribution < -0.4 is 15.2 Å². The van der Waals surface area contributed by atoms with Crippen molar-refractivity contribution in [3.05, 3.63) is 59.4 Å². The molecule has 0 spiro atoms. The molecule has 8 heteroatoms. The second-order valence-corrected chi connectivity index (χ2v) is 7.77. The topological polar surface area (TPSA) is 98.5 Å². The van der Waals surface area contributed by atoms with Crippen molar-refractivity contribution in [2.45, 2.75) is 17.7 Å². The number of nitrogens with one attached hydrogen (secondary N) is 1. The molecule has 0 fully saturated rings. The summed E-state index contributed by atoms with van der Waals surface area (Å²) < 4.78 is 42.4. The van der Waals surface area contributed by atoms with E-state index in [1.165, 1.54) is 0 Å². The van der Waals surface area contributed by atoms with Gasteiger partial charge in [0.15, 0.2) is 0 Å². The van der Waals surface area contributed by atoms with E-state index in [1.807, 2.05) is 24.3 Å². The lowest BCUT2D eigenvalue weighted by Gasteiger charge is -2.15. The Morgan fingerprint density at radius 2 is 2.04 bits per heavy atom. The average molecular weight is 378 g/mol. The normalized spacial score (nSPS) is 16.9. The third-order valence-corrected chi connectivity index (χ3v) is 5.24. The number of carbonyl (C=O) groups is 1. The van der Waals surface area contributed by atoms with Crippen molar-refractivity contribution in [3.63, 3.8) is 0 Å². The van der Waals surface area contributed by atoms with Crippen LogP contribution in [0, 0.1) is 11.7 Å². The molecular formula is C18H19FN2O4S. The lowest BCUT2D eigenvalue weighted by atomic mass is 9.97. The van der Waals surface area contributed by atoms with Gasteiger partial charge in [-0.2, -0.15) is 0 Å². The molecule has 0 unspecified atom stereocenters. The minimum atomic E-state index is -4.01. The van der Waals surface area contributed by atoms with E-state index >= 15 is 0 Å². The van der Waals surface area contributed by atoms with Crippen LogP contribution in [0.5, 0.6) is 5.75 Å². The molecule has 1 amide bonds. The van der Waals surface area contributed by atoms with Crippen LogP contribution in [0.3, 0.4) is 0 Å². The van der Waals surface area contributed by atoms with E-state index in [-0.39, 0.29) is 16.4 Å². The Balaban J connectivity index is 1.70. The Hall–Kier alpha value is -2.45. The number of carbonyl (C=O) groups excluding carboxylic acids is 1. The summed E-state index contributed by atoms with van der Waals surface area (Å²) in [6, 6.07) is 10.6. The second kappa shape index (κ2) is 7.43. The predicted molar refractivity (Wildman–Crippen MR) is 93.9 cm³/mol. The molecule has 1 aliphatic rings. The molecule has 1 aliphatic heterocycles. The predicted octanol–water partition coefficient (Wildman–Crippen LogP) is 1.84. The molecule has 3 N–H and O–H groups in total. The molecule has 1 heterocycles. The molecule has 2 aromatic carbocycles. The van der Waals surface area contributed by atoms with E-state index in [2.05, 4.69) is 5.32 Å². The standard InChI is InChI=1S/C18H19FN2O4S/c19-16-6-5-14(26(20,23)24)10-15(16)18(22)21-11-12-7-8-25-17-4-2-1-3-13(17)9-12/h1-6,10,12H,7-9,11H2,(H,21,22)(H2,20,23,24)/t12-/m1/s1. The van der Waals surface area contributed by atoms with Crippen molar-refractivity contribution in [2.75, 3.05) is 13.2 Å². The van der Waals surface area contributed by atoms with Gasteiger partial charge in [0.1, 0.15) is 11.6 Å². The van der Waals surface area contributed by atoms with Crippen LogP contribution in [0.25, 0.3) is 0 Å². The molecule has 26 heavy (non-hydrogen) atoms. The van der Waals surface area contributed by atoms with E-state index in [0.717, 1.165) is 42.4 Å². The van der Waals surface area contributed by atoms with Crippen LogP contribution >= 0.6 is 0 Å². The smallest absolute Gasteiger partial charge is 0.254 e. The summed E-state index contributed by atoms with van der Waals surface area (Å²) in [5.41, 5.74) is 0.716. The first-order chi connectivity index (χ1) is 12.3. The highest BCUT2D eigenvalue weighted by atomic mass is 32.2. The van der Waals surface area contributed by atoms with Gasteiger partial charge in [-0.25, -0.2) is 17.9 Å². The molecule has 138 valence electrons. The molecule has 0 aliphatic carbocycles. The number of fused-ring (bicyclic) bond motifs is 1. The van der Waals surface area contributed by atoms with Crippen molar-refractivity contribution in [2.24, 2.45) is 11.1 Å². The summed E-state index contributed by atoms with van der Waals surface area (Å²) in [5.74, 6) is -0.504. The Kier molecular flexibility index (Phi) is 5.24. The van der Waals surface area contributed by atoms with Crippen LogP contribution in [0.15, 0.2) is 47.4 Å². The molecule has 0 saturated carbocycles. The summed E-state index contributed by atoms with van der Waals surface area (Å²) >= 11 is 0. The van der Waals surface area contributed by atoms with Gasteiger partial charge in [0, 0.05) is 6.54 Å². The molecule has 0 bridgehead atoms. The van der Waals surface area contributed by atoms with E-state index in [0.29, 0.717) is 13.2 Å². The molecule has 2 aromatic rings. The van der Waals surface area contributed by atoms with Crippen molar-refractivity contribution < 1.29 is 22.3 Å². The van der Waals surface area contributed by atoms with E-state index in [9.17, 15) is 17.6 Å². The van der Waals surface area contributed by atoms with E-state index < -0.39 is 21.7 Å². The van der Waals surface area contributed by atoms with Gasteiger partial charge in [-0.05, 0) is 48.6 Å². The molecule has 0 aromatic heterocycles. The van der Waals surface area contributed by atoms with E-state index in [1.54, 1.807) is 0 Å². The number of amides is 1. The molecular weight excluding hydrogens is 359 g/mol. The summed E-state index contributed by atoms with van der Waals surface area (Å²) in [6.45, 7) is 0.863. The fourth-order valence-corrected chi connectivity index (χ4v) is 3.46. The fraction of sp³-hybridized carbons (Fsp3) is 0.278. The van der Waals surface area contributed by atoms with Crippen molar-refractivity contribution in [1.29, 1.82) is 0 Å². The second-order valence-electron chi connectivity index (χ2n) is 6.21. The maximum atomic E-state index is 13.9. The largest absolute Gasteiger partial charge is 0.493 e. The lowest BCUT2D eigenvalue weighted by Crippen LogP contribution is -2.31. The number of ether oxygens (including phenoxy) is 1. The van der Waals surface area contributed by atoms with Crippen LogP contribution in [0.4, 0.5) is 4.39 Å². The van der Waals surface area contributed by atoms with Gasteiger partial charge in [0.2, 0.25) is 10.0 Å². The molecule has 0 saturated heterocycles. The summed E-state index contributed by atoms with van der Waals surface area (Å²) in [4.78, 5) is 12.0. The van der Waals surface area contributed by atoms with Crippen molar-refractivity contribution >= 4 is 15.9 Å². The molecule has 0 radical (unpaired) electrons. The monoisotopic (exact) mass is 378 g/mol. The Labute approximate surface area is 151 Å². The first kappa shape index (κ1) is 18.3. The quantitative estimate of drug-likeness (QED) is 0.848. The van der Waals surface area contributed by atoms with Gasteiger partial charge in [-0.15, -0.1) is 0 Å². The van der Waals surface area contributed by atoms with Gasteiger partial charge in [0.05, 0.1) is 17.1 Å². The minimum absolute atomic E-state index is 0.132. The van der Waals surface area contributed by atoms with Crippen molar-refractivity contribution in [3.8, 4) is 5.75 Å². The highest BCUT2D eigenvalue weighted by Gasteiger charge is 2.20. The third kappa shape index (κ3) is 4.20. The summed E-state index contributed by atoms with van der Waals surface area (Å²) in [6.07, 6.45) is 1.48. The first-order valence-corrected chi connectivity index (χ1v) is 9.70. The Morgan fingerprint density at radius 1 is 1.27 bits per heavy atom. The Bertz CT molecular complexity index is 931. The van der Waals surface area contributed by atoms with Crippen LogP contribution in [0.2, 0.25) is 0 Å². The maximum absolute atomic E-state index is 13.9.